The molecule has 2 aliphatic heterocycles. The van der Waals surface area contributed by atoms with E-state index in [0.717, 1.165) is 12.8 Å². The Bertz CT molecular complexity index is 995. The van der Waals surface area contributed by atoms with Gasteiger partial charge in [0, 0.05) is 23.7 Å². The van der Waals surface area contributed by atoms with Crippen LogP contribution in [0.15, 0.2) is 54.1 Å². The summed E-state index contributed by atoms with van der Waals surface area (Å²) in [6.45, 7) is 0.900. The normalized spacial score (nSPS) is 23.2. The van der Waals surface area contributed by atoms with E-state index in [4.69, 9.17) is 21.1 Å². The summed E-state index contributed by atoms with van der Waals surface area (Å²) in [5.41, 5.74) is 1.03. The summed E-state index contributed by atoms with van der Waals surface area (Å²) in [4.78, 5) is 27.4. The van der Waals surface area contributed by atoms with Gasteiger partial charge in [0.2, 0.25) is 0 Å². The summed E-state index contributed by atoms with van der Waals surface area (Å²) in [7, 11) is 1.54. The molecule has 2 saturated heterocycles. The fourth-order valence-corrected chi connectivity index (χ4v) is 4.24. The highest BCUT2D eigenvalue weighted by Crippen LogP contribution is 2.42. The zero-order chi connectivity index (χ0) is 21.3. The van der Waals surface area contributed by atoms with Crippen molar-refractivity contribution in [3.63, 3.8) is 0 Å². The van der Waals surface area contributed by atoms with Crippen molar-refractivity contribution in [1.82, 2.24) is 4.90 Å². The van der Waals surface area contributed by atoms with E-state index in [1.165, 1.54) is 4.90 Å². The number of carbonyl (C=O) groups is 2. The smallest absolute Gasteiger partial charge is 0.295 e. The molecule has 2 atom stereocenters. The van der Waals surface area contributed by atoms with Crippen LogP contribution in [0.25, 0.3) is 5.76 Å². The van der Waals surface area contributed by atoms with Crippen LogP contribution in [0.5, 0.6) is 5.75 Å². The van der Waals surface area contributed by atoms with Gasteiger partial charge in [0.1, 0.15) is 11.5 Å². The molecule has 0 aromatic heterocycles. The number of ether oxygens (including phenoxy) is 2. The Hall–Kier alpha value is -2.83. The summed E-state index contributed by atoms with van der Waals surface area (Å²) >= 11 is 6.44. The zero-order valence-electron chi connectivity index (χ0n) is 16.5. The molecule has 0 aliphatic carbocycles. The SMILES string of the molecule is COc1ccc(/C(O)=C2\C(=O)C(=O)N(C[C@@H]3CCCO3)[C@H]2c2ccccc2Cl)cc1. The number of ketones is 1. The number of Topliss-reactive ketones (excluding diaryl/α,β-unsaturated/α-hetero) is 1. The molecule has 2 aliphatic rings. The Morgan fingerprint density at radius 3 is 2.57 bits per heavy atom. The first-order valence-corrected chi connectivity index (χ1v) is 10.2. The largest absolute Gasteiger partial charge is 0.507 e. The van der Waals surface area contributed by atoms with E-state index >= 15 is 0 Å². The average molecular weight is 428 g/mol. The van der Waals surface area contributed by atoms with E-state index in [9.17, 15) is 14.7 Å². The molecule has 1 N–H and O–H groups in total. The highest BCUT2D eigenvalue weighted by molar-refractivity contribution is 6.47. The maximum absolute atomic E-state index is 13.0. The predicted octanol–water partition coefficient (Wildman–Crippen LogP) is 3.95. The molecule has 2 aromatic rings. The Labute approximate surface area is 179 Å². The highest BCUT2D eigenvalue weighted by atomic mass is 35.5. The molecule has 156 valence electrons. The first kappa shape index (κ1) is 20.4. The first-order chi connectivity index (χ1) is 14.5. The third-order valence-corrected chi connectivity index (χ3v) is 5.87. The second-order valence-corrected chi connectivity index (χ2v) is 7.74. The maximum atomic E-state index is 13.0. The summed E-state index contributed by atoms with van der Waals surface area (Å²) in [5, 5.41) is 11.5. The molecule has 7 heteroatoms. The number of rotatable bonds is 5. The second kappa shape index (κ2) is 8.50. The third kappa shape index (κ3) is 3.68. The van der Waals surface area contributed by atoms with Gasteiger partial charge in [0.15, 0.2) is 0 Å². The molecule has 1 amide bonds. The maximum Gasteiger partial charge on any atom is 0.295 e. The number of hydrogen-bond donors (Lipinski definition) is 1. The third-order valence-electron chi connectivity index (χ3n) is 5.53. The molecule has 2 aromatic carbocycles. The van der Waals surface area contributed by atoms with E-state index in [0.29, 0.717) is 28.5 Å². The molecular weight excluding hydrogens is 406 g/mol. The van der Waals surface area contributed by atoms with Crippen molar-refractivity contribution >= 4 is 29.1 Å². The van der Waals surface area contributed by atoms with E-state index in [1.54, 1.807) is 55.6 Å². The van der Waals surface area contributed by atoms with Crippen LogP contribution in [0.3, 0.4) is 0 Å². The van der Waals surface area contributed by atoms with Crippen LogP contribution >= 0.6 is 11.6 Å². The minimum atomic E-state index is -0.787. The van der Waals surface area contributed by atoms with Gasteiger partial charge in [-0.1, -0.05) is 29.8 Å². The average Bonchev–Trinajstić information content (AvgIpc) is 3.36. The number of methoxy groups -OCH3 is 1. The minimum Gasteiger partial charge on any atom is -0.507 e. The van der Waals surface area contributed by atoms with Crippen LogP contribution in [0.2, 0.25) is 5.02 Å². The van der Waals surface area contributed by atoms with Crippen LogP contribution in [-0.2, 0) is 14.3 Å². The van der Waals surface area contributed by atoms with E-state index in [2.05, 4.69) is 0 Å². The van der Waals surface area contributed by atoms with Crippen molar-refractivity contribution in [3.05, 3.63) is 70.3 Å². The van der Waals surface area contributed by atoms with Gasteiger partial charge in [-0.25, -0.2) is 0 Å². The van der Waals surface area contributed by atoms with Gasteiger partial charge >= 0.3 is 0 Å². The minimum absolute atomic E-state index is 0.0243. The van der Waals surface area contributed by atoms with Crippen molar-refractivity contribution in [3.8, 4) is 5.75 Å². The number of amides is 1. The quantitative estimate of drug-likeness (QED) is 0.444. The number of hydrogen-bond acceptors (Lipinski definition) is 5. The lowest BCUT2D eigenvalue weighted by Gasteiger charge is -2.28. The van der Waals surface area contributed by atoms with Gasteiger partial charge in [0.25, 0.3) is 11.7 Å². The topological polar surface area (TPSA) is 76.1 Å². The van der Waals surface area contributed by atoms with Crippen molar-refractivity contribution in [1.29, 1.82) is 0 Å². The molecule has 0 bridgehead atoms. The number of likely N-dealkylation sites (tertiary alicyclic amines) is 1. The van der Waals surface area contributed by atoms with Crippen LogP contribution in [-0.4, -0.2) is 48.1 Å². The van der Waals surface area contributed by atoms with Crippen molar-refractivity contribution in [2.75, 3.05) is 20.3 Å². The van der Waals surface area contributed by atoms with Crippen LogP contribution in [0.4, 0.5) is 0 Å². The van der Waals surface area contributed by atoms with Gasteiger partial charge < -0.3 is 19.5 Å². The number of carbonyl (C=O) groups excluding carboxylic acids is 2. The van der Waals surface area contributed by atoms with E-state index < -0.39 is 17.7 Å². The zero-order valence-corrected chi connectivity index (χ0v) is 17.3. The Balaban J connectivity index is 1.82. The summed E-state index contributed by atoms with van der Waals surface area (Å²) in [5.74, 6) is -1.01. The van der Waals surface area contributed by atoms with E-state index in [-0.39, 0.29) is 24.0 Å². The van der Waals surface area contributed by atoms with Crippen LogP contribution < -0.4 is 4.74 Å². The lowest BCUT2D eigenvalue weighted by molar-refractivity contribution is -0.140. The molecule has 0 saturated carbocycles. The van der Waals surface area contributed by atoms with Crippen molar-refractivity contribution in [2.45, 2.75) is 25.0 Å². The summed E-state index contributed by atoms with van der Waals surface area (Å²) in [6, 6.07) is 12.9. The predicted molar refractivity (Wildman–Crippen MR) is 112 cm³/mol. The van der Waals surface area contributed by atoms with Crippen molar-refractivity contribution in [2.24, 2.45) is 0 Å². The second-order valence-electron chi connectivity index (χ2n) is 7.34. The van der Waals surface area contributed by atoms with E-state index in [1.807, 2.05) is 0 Å². The van der Waals surface area contributed by atoms with Gasteiger partial charge in [-0.15, -0.1) is 0 Å². The van der Waals surface area contributed by atoms with Crippen LogP contribution in [0, 0.1) is 0 Å². The Morgan fingerprint density at radius 2 is 1.93 bits per heavy atom. The molecule has 2 heterocycles. The summed E-state index contributed by atoms with van der Waals surface area (Å²) in [6.07, 6.45) is 1.59. The summed E-state index contributed by atoms with van der Waals surface area (Å²) < 4.78 is 10.8. The molecule has 2 fully saturated rings. The fourth-order valence-electron chi connectivity index (χ4n) is 4.00. The molecule has 0 unspecified atom stereocenters. The van der Waals surface area contributed by atoms with Crippen molar-refractivity contribution < 1.29 is 24.2 Å². The Kier molecular flexibility index (Phi) is 5.79. The lowest BCUT2D eigenvalue weighted by atomic mass is 9.95. The molecule has 6 nitrogen and oxygen atoms in total. The molecule has 0 spiro atoms. The monoisotopic (exact) mass is 427 g/mol. The number of aliphatic hydroxyl groups is 1. The fraction of sp³-hybridized carbons (Fsp3) is 0.304. The molecule has 0 radical (unpaired) electrons. The molecule has 4 rings (SSSR count). The van der Waals surface area contributed by atoms with Gasteiger partial charge in [-0.3, -0.25) is 9.59 Å². The number of benzene rings is 2. The molecular formula is C23H22ClNO5. The van der Waals surface area contributed by atoms with Gasteiger partial charge in [-0.2, -0.15) is 0 Å². The number of aliphatic hydroxyl groups excluding tert-OH is 1. The molecule has 30 heavy (non-hydrogen) atoms. The lowest BCUT2D eigenvalue weighted by Crippen LogP contribution is -2.36. The number of halogens is 1. The van der Waals surface area contributed by atoms with Gasteiger partial charge in [0.05, 0.1) is 24.8 Å². The number of nitrogens with zero attached hydrogens (tertiary/aromatic N) is 1. The Morgan fingerprint density at radius 1 is 1.20 bits per heavy atom. The standard InChI is InChI=1S/C23H22ClNO5/c1-29-15-10-8-14(9-11-15)21(26)19-20(17-6-2-3-7-18(17)24)25(23(28)22(19)27)13-16-5-4-12-30-16/h2-3,6-11,16,20,26H,4-5,12-13H2,1H3/b21-19+/t16-,20-/m0/s1. The van der Waals surface area contributed by atoms with Gasteiger partial charge in [-0.05, 0) is 48.7 Å². The van der Waals surface area contributed by atoms with Crippen LogP contribution in [0.1, 0.15) is 30.0 Å². The first-order valence-electron chi connectivity index (χ1n) is 9.80. The highest BCUT2D eigenvalue weighted by Gasteiger charge is 2.47.